The Morgan fingerprint density at radius 3 is 3.15 bits per heavy atom. The monoisotopic (exact) mass is 177 g/mol. The summed E-state index contributed by atoms with van der Waals surface area (Å²) in [4.78, 5) is 0. The third kappa shape index (κ3) is 1.20. The van der Waals surface area contributed by atoms with Crippen LogP contribution in [0, 0.1) is 0 Å². The molecule has 0 aliphatic rings. The summed E-state index contributed by atoms with van der Waals surface area (Å²) in [6, 6.07) is 3.70. The Morgan fingerprint density at radius 1 is 1.54 bits per heavy atom. The quantitative estimate of drug-likeness (QED) is 0.684. The number of fused-ring (bicyclic) bond motifs is 1. The molecule has 3 N–H and O–H groups in total. The molecule has 4 heteroatoms. The van der Waals surface area contributed by atoms with Crippen molar-refractivity contribution < 1.29 is 4.74 Å². The van der Waals surface area contributed by atoms with E-state index in [0.29, 0.717) is 18.0 Å². The molecule has 13 heavy (non-hydrogen) atoms. The van der Waals surface area contributed by atoms with Gasteiger partial charge in [-0.25, -0.2) is 0 Å². The van der Waals surface area contributed by atoms with E-state index in [1.807, 2.05) is 19.1 Å². The minimum atomic E-state index is 0.606. The van der Waals surface area contributed by atoms with Crippen LogP contribution in [0.15, 0.2) is 18.3 Å². The van der Waals surface area contributed by atoms with Crippen LogP contribution in [0.1, 0.15) is 6.92 Å². The van der Waals surface area contributed by atoms with Crippen molar-refractivity contribution in [2.45, 2.75) is 6.92 Å². The zero-order valence-corrected chi connectivity index (χ0v) is 7.37. The minimum absolute atomic E-state index is 0.606. The number of aromatic nitrogens is 2. The maximum absolute atomic E-state index is 5.77. The largest absolute Gasteiger partial charge is 0.491 e. The SMILES string of the molecule is CCOc1c(N)ccc2[nH]ncc12. The van der Waals surface area contributed by atoms with E-state index >= 15 is 0 Å². The van der Waals surface area contributed by atoms with Crippen molar-refractivity contribution in [2.24, 2.45) is 0 Å². The van der Waals surface area contributed by atoms with Crippen LogP contribution in [0.25, 0.3) is 10.9 Å². The van der Waals surface area contributed by atoms with E-state index in [4.69, 9.17) is 10.5 Å². The fourth-order valence-corrected chi connectivity index (χ4v) is 1.31. The first-order valence-electron chi connectivity index (χ1n) is 4.17. The fraction of sp³-hybridized carbons (Fsp3) is 0.222. The molecule has 2 rings (SSSR count). The molecular formula is C9H11N3O. The van der Waals surface area contributed by atoms with Gasteiger partial charge < -0.3 is 10.5 Å². The molecule has 0 aliphatic heterocycles. The lowest BCUT2D eigenvalue weighted by molar-refractivity contribution is 0.346. The van der Waals surface area contributed by atoms with E-state index < -0.39 is 0 Å². The Labute approximate surface area is 75.7 Å². The van der Waals surface area contributed by atoms with Crippen molar-refractivity contribution in [3.63, 3.8) is 0 Å². The first kappa shape index (κ1) is 7.91. The highest BCUT2D eigenvalue weighted by Crippen LogP contribution is 2.30. The van der Waals surface area contributed by atoms with Crippen molar-refractivity contribution in [1.29, 1.82) is 0 Å². The Kier molecular flexibility index (Phi) is 1.81. The predicted molar refractivity (Wildman–Crippen MR) is 51.7 cm³/mol. The van der Waals surface area contributed by atoms with Crippen LogP contribution < -0.4 is 10.5 Å². The molecule has 0 spiro atoms. The number of ether oxygens (including phenoxy) is 1. The summed E-state index contributed by atoms with van der Waals surface area (Å²) < 4.78 is 5.42. The van der Waals surface area contributed by atoms with Crippen LogP contribution in [0.5, 0.6) is 5.75 Å². The van der Waals surface area contributed by atoms with Crippen molar-refractivity contribution in [3.05, 3.63) is 18.3 Å². The van der Waals surface area contributed by atoms with Crippen LogP contribution in [0.3, 0.4) is 0 Å². The van der Waals surface area contributed by atoms with Gasteiger partial charge in [-0.2, -0.15) is 5.10 Å². The number of benzene rings is 1. The second-order valence-corrected chi connectivity index (χ2v) is 2.75. The summed E-state index contributed by atoms with van der Waals surface area (Å²) in [5, 5.41) is 7.72. The highest BCUT2D eigenvalue weighted by atomic mass is 16.5. The standard InChI is InChI=1S/C9H11N3O/c1-2-13-9-6-5-11-12-8(6)4-3-7(9)10/h3-5H,2,10H2,1H3,(H,11,12). The maximum Gasteiger partial charge on any atom is 0.153 e. The Morgan fingerprint density at radius 2 is 2.38 bits per heavy atom. The summed E-state index contributed by atoms with van der Waals surface area (Å²) in [5.74, 6) is 0.716. The molecule has 2 aromatic rings. The van der Waals surface area contributed by atoms with Crippen LogP contribution in [0.2, 0.25) is 0 Å². The second-order valence-electron chi connectivity index (χ2n) is 2.75. The van der Waals surface area contributed by atoms with Gasteiger partial charge in [-0.15, -0.1) is 0 Å². The average Bonchev–Trinajstić information content (AvgIpc) is 2.58. The zero-order chi connectivity index (χ0) is 9.26. The van der Waals surface area contributed by atoms with Crippen LogP contribution in [-0.2, 0) is 0 Å². The Balaban J connectivity index is 2.66. The summed E-state index contributed by atoms with van der Waals surface area (Å²) in [7, 11) is 0. The average molecular weight is 177 g/mol. The van der Waals surface area contributed by atoms with Gasteiger partial charge in [0.2, 0.25) is 0 Å². The molecule has 1 heterocycles. The fourth-order valence-electron chi connectivity index (χ4n) is 1.31. The zero-order valence-electron chi connectivity index (χ0n) is 7.37. The van der Waals surface area contributed by atoms with Gasteiger partial charge in [0.15, 0.2) is 5.75 Å². The maximum atomic E-state index is 5.77. The molecule has 0 saturated heterocycles. The van der Waals surface area contributed by atoms with E-state index in [9.17, 15) is 0 Å². The van der Waals surface area contributed by atoms with Crippen LogP contribution in [0.4, 0.5) is 5.69 Å². The van der Waals surface area contributed by atoms with Crippen LogP contribution in [-0.4, -0.2) is 16.8 Å². The predicted octanol–water partition coefficient (Wildman–Crippen LogP) is 1.54. The third-order valence-corrected chi connectivity index (χ3v) is 1.89. The highest BCUT2D eigenvalue weighted by Gasteiger charge is 2.06. The summed E-state index contributed by atoms with van der Waals surface area (Å²) >= 11 is 0. The van der Waals surface area contributed by atoms with Crippen molar-refractivity contribution in [1.82, 2.24) is 10.2 Å². The molecular weight excluding hydrogens is 166 g/mol. The number of nitrogens with two attached hydrogens (primary N) is 1. The number of hydrogen-bond acceptors (Lipinski definition) is 3. The summed E-state index contributed by atoms with van der Waals surface area (Å²) in [6.07, 6.45) is 1.72. The van der Waals surface area contributed by atoms with Crippen molar-refractivity contribution >= 4 is 16.6 Å². The molecule has 68 valence electrons. The number of aromatic amines is 1. The lowest BCUT2D eigenvalue weighted by Crippen LogP contribution is -1.96. The molecule has 0 fully saturated rings. The van der Waals surface area contributed by atoms with Gasteiger partial charge in [-0.1, -0.05) is 0 Å². The molecule has 1 aromatic carbocycles. The van der Waals surface area contributed by atoms with E-state index in [1.54, 1.807) is 6.20 Å². The molecule has 0 unspecified atom stereocenters. The number of nitrogens with zero attached hydrogens (tertiary/aromatic N) is 1. The number of hydrogen-bond donors (Lipinski definition) is 2. The molecule has 0 saturated carbocycles. The van der Waals surface area contributed by atoms with Gasteiger partial charge in [0.25, 0.3) is 0 Å². The lowest BCUT2D eigenvalue weighted by atomic mass is 10.2. The summed E-state index contributed by atoms with van der Waals surface area (Å²) in [6.45, 7) is 2.53. The number of nitrogen functional groups attached to an aromatic ring is 1. The van der Waals surface area contributed by atoms with Gasteiger partial charge in [0.05, 0.1) is 29.4 Å². The number of H-pyrrole nitrogens is 1. The molecule has 0 atom stereocenters. The van der Waals surface area contributed by atoms with Gasteiger partial charge in [0, 0.05) is 0 Å². The molecule has 4 nitrogen and oxygen atoms in total. The Hall–Kier alpha value is -1.71. The first-order valence-corrected chi connectivity index (χ1v) is 4.17. The van der Waals surface area contributed by atoms with E-state index in [1.165, 1.54) is 0 Å². The summed E-state index contributed by atoms with van der Waals surface area (Å²) in [5.41, 5.74) is 7.36. The van der Waals surface area contributed by atoms with E-state index in [-0.39, 0.29) is 0 Å². The van der Waals surface area contributed by atoms with Gasteiger partial charge >= 0.3 is 0 Å². The van der Waals surface area contributed by atoms with E-state index in [0.717, 1.165) is 10.9 Å². The number of anilines is 1. The minimum Gasteiger partial charge on any atom is -0.491 e. The van der Waals surface area contributed by atoms with Crippen LogP contribution >= 0.6 is 0 Å². The van der Waals surface area contributed by atoms with Gasteiger partial charge in [-0.3, -0.25) is 5.10 Å². The highest BCUT2D eigenvalue weighted by molar-refractivity contribution is 5.89. The Bertz CT molecular complexity index is 422. The van der Waals surface area contributed by atoms with Gasteiger partial charge in [0.1, 0.15) is 0 Å². The number of rotatable bonds is 2. The molecule has 1 aromatic heterocycles. The normalized spacial score (nSPS) is 10.5. The second kappa shape index (κ2) is 2.97. The van der Waals surface area contributed by atoms with Crippen molar-refractivity contribution in [3.8, 4) is 5.75 Å². The lowest BCUT2D eigenvalue weighted by Gasteiger charge is -2.06. The molecule has 0 bridgehead atoms. The molecule has 0 radical (unpaired) electrons. The number of nitrogens with one attached hydrogen (secondary N) is 1. The van der Waals surface area contributed by atoms with Crippen molar-refractivity contribution in [2.75, 3.05) is 12.3 Å². The van der Waals surface area contributed by atoms with E-state index in [2.05, 4.69) is 10.2 Å². The first-order chi connectivity index (χ1) is 6.33. The topological polar surface area (TPSA) is 63.9 Å². The molecule has 0 aliphatic carbocycles. The smallest absolute Gasteiger partial charge is 0.153 e. The van der Waals surface area contributed by atoms with Gasteiger partial charge in [-0.05, 0) is 19.1 Å². The molecule has 0 amide bonds. The third-order valence-electron chi connectivity index (χ3n) is 1.89.